The van der Waals surface area contributed by atoms with Crippen LogP contribution in [0, 0.1) is 3.57 Å². The standard InChI is InChI=1S/C10H11IN6O2/c1-16-7(5(11)3-13-16)10(19)15-6-4-14-17(2)8(6)9(12)18/h3-4H,1-2H3,(H2,12,18)(H,15,19). The van der Waals surface area contributed by atoms with Gasteiger partial charge >= 0.3 is 0 Å². The van der Waals surface area contributed by atoms with Crippen molar-refractivity contribution in [1.82, 2.24) is 19.6 Å². The predicted octanol–water partition coefficient (Wildman–Crippen LogP) is 0.109. The van der Waals surface area contributed by atoms with E-state index >= 15 is 0 Å². The lowest BCUT2D eigenvalue weighted by Gasteiger charge is -2.06. The number of nitrogens with zero attached hydrogens (tertiary/aromatic N) is 4. The van der Waals surface area contributed by atoms with Crippen molar-refractivity contribution in [2.45, 2.75) is 0 Å². The molecule has 19 heavy (non-hydrogen) atoms. The highest BCUT2D eigenvalue weighted by molar-refractivity contribution is 14.1. The number of amides is 2. The van der Waals surface area contributed by atoms with Crippen molar-refractivity contribution < 1.29 is 9.59 Å². The van der Waals surface area contributed by atoms with Gasteiger partial charge in [0.25, 0.3) is 11.8 Å². The van der Waals surface area contributed by atoms with Crippen molar-refractivity contribution in [3.63, 3.8) is 0 Å². The second-order valence-electron chi connectivity index (χ2n) is 3.81. The van der Waals surface area contributed by atoms with Crippen LogP contribution in [0.25, 0.3) is 0 Å². The molecule has 9 heteroatoms. The minimum atomic E-state index is -0.657. The van der Waals surface area contributed by atoms with Crippen molar-refractivity contribution in [3.05, 3.63) is 27.4 Å². The molecule has 0 saturated carbocycles. The number of nitrogens with two attached hydrogens (primary N) is 1. The number of rotatable bonds is 3. The number of carbonyl (C=O) groups is 2. The van der Waals surface area contributed by atoms with Crippen LogP contribution in [-0.4, -0.2) is 31.4 Å². The molecular weight excluding hydrogens is 363 g/mol. The van der Waals surface area contributed by atoms with Gasteiger partial charge in [0.05, 0.1) is 21.7 Å². The van der Waals surface area contributed by atoms with Gasteiger partial charge in [-0.15, -0.1) is 0 Å². The molecule has 2 heterocycles. The summed E-state index contributed by atoms with van der Waals surface area (Å²) in [6.07, 6.45) is 2.95. The van der Waals surface area contributed by atoms with Gasteiger partial charge in [-0.25, -0.2) is 0 Å². The van der Waals surface area contributed by atoms with E-state index in [-0.39, 0.29) is 17.3 Å². The number of hydrogen-bond donors (Lipinski definition) is 2. The average Bonchev–Trinajstić information content (AvgIpc) is 2.83. The Hall–Kier alpha value is -1.91. The Morgan fingerprint density at radius 3 is 2.32 bits per heavy atom. The molecule has 0 saturated heterocycles. The molecule has 8 nitrogen and oxygen atoms in total. The summed E-state index contributed by atoms with van der Waals surface area (Å²) in [7, 11) is 3.24. The molecule has 2 aromatic heterocycles. The second kappa shape index (κ2) is 4.99. The minimum Gasteiger partial charge on any atom is -0.364 e. The topological polar surface area (TPSA) is 108 Å². The van der Waals surface area contributed by atoms with Crippen LogP contribution in [-0.2, 0) is 14.1 Å². The Morgan fingerprint density at radius 1 is 1.21 bits per heavy atom. The average molecular weight is 374 g/mol. The molecule has 0 bridgehead atoms. The van der Waals surface area contributed by atoms with Crippen molar-refractivity contribution in [3.8, 4) is 0 Å². The quantitative estimate of drug-likeness (QED) is 0.744. The molecule has 0 spiro atoms. The van der Waals surface area contributed by atoms with Gasteiger partial charge in [0, 0.05) is 14.1 Å². The van der Waals surface area contributed by atoms with Crippen molar-refractivity contribution in [2.75, 3.05) is 5.32 Å². The van der Waals surface area contributed by atoms with Gasteiger partial charge in [-0.05, 0) is 22.6 Å². The Kier molecular flexibility index (Phi) is 3.55. The van der Waals surface area contributed by atoms with E-state index in [0.717, 1.165) is 0 Å². The van der Waals surface area contributed by atoms with Crippen molar-refractivity contribution in [1.29, 1.82) is 0 Å². The molecule has 100 valence electrons. The number of carbonyl (C=O) groups excluding carboxylic acids is 2. The predicted molar refractivity (Wildman–Crippen MR) is 75.6 cm³/mol. The first-order valence-electron chi connectivity index (χ1n) is 5.22. The summed E-state index contributed by atoms with van der Waals surface area (Å²) >= 11 is 2.01. The lowest BCUT2D eigenvalue weighted by Crippen LogP contribution is -2.22. The van der Waals surface area contributed by atoms with E-state index in [4.69, 9.17) is 5.73 Å². The van der Waals surface area contributed by atoms with Crippen LogP contribution in [0.4, 0.5) is 5.69 Å². The molecule has 0 aromatic carbocycles. The number of halogens is 1. The molecular formula is C10H11IN6O2. The first-order valence-corrected chi connectivity index (χ1v) is 6.30. The Labute approximate surface area is 122 Å². The van der Waals surface area contributed by atoms with E-state index in [2.05, 4.69) is 15.5 Å². The molecule has 2 aromatic rings. The number of aryl methyl sites for hydroxylation is 2. The Morgan fingerprint density at radius 2 is 1.79 bits per heavy atom. The summed E-state index contributed by atoms with van der Waals surface area (Å²) in [5.41, 5.74) is 6.07. The van der Waals surface area contributed by atoms with Crippen molar-refractivity contribution in [2.24, 2.45) is 19.8 Å². The summed E-state index contributed by atoms with van der Waals surface area (Å²) in [6, 6.07) is 0. The largest absolute Gasteiger partial charge is 0.364 e. The van der Waals surface area contributed by atoms with Crippen LogP contribution < -0.4 is 11.1 Å². The minimum absolute atomic E-state index is 0.144. The van der Waals surface area contributed by atoms with Gasteiger partial charge in [-0.1, -0.05) is 0 Å². The summed E-state index contributed by atoms with van der Waals surface area (Å²) in [4.78, 5) is 23.4. The summed E-state index contributed by atoms with van der Waals surface area (Å²) in [5.74, 6) is -1.03. The van der Waals surface area contributed by atoms with Gasteiger partial charge in [-0.2, -0.15) is 10.2 Å². The maximum absolute atomic E-state index is 12.1. The zero-order valence-corrected chi connectivity index (χ0v) is 12.4. The van der Waals surface area contributed by atoms with Gasteiger partial charge < -0.3 is 11.1 Å². The number of hydrogen-bond acceptors (Lipinski definition) is 4. The lowest BCUT2D eigenvalue weighted by atomic mass is 10.3. The summed E-state index contributed by atoms with van der Waals surface area (Å²) < 4.78 is 3.48. The van der Waals surface area contributed by atoms with Gasteiger partial charge in [0.15, 0.2) is 0 Å². The van der Waals surface area contributed by atoms with Crippen LogP contribution in [0.2, 0.25) is 0 Å². The number of aromatic nitrogens is 4. The highest BCUT2D eigenvalue weighted by atomic mass is 127. The first kappa shape index (κ1) is 13.5. The normalized spacial score (nSPS) is 10.5. The highest BCUT2D eigenvalue weighted by Crippen LogP contribution is 2.17. The van der Waals surface area contributed by atoms with E-state index in [1.807, 2.05) is 22.6 Å². The number of anilines is 1. The summed E-state index contributed by atoms with van der Waals surface area (Å²) in [5, 5.41) is 10.5. The zero-order chi connectivity index (χ0) is 14.2. The van der Waals surface area contributed by atoms with Crippen LogP contribution in [0.3, 0.4) is 0 Å². The number of primary amides is 1. The van der Waals surface area contributed by atoms with E-state index in [1.54, 1.807) is 20.3 Å². The first-order chi connectivity index (χ1) is 8.91. The van der Waals surface area contributed by atoms with Gasteiger partial charge in [0.2, 0.25) is 0 Å². The monoisotopic (exact) mass is 374 g/mol. The highest BCUT2D eigenvalue weighted by Gasteiger charge is 2.20. The van der Waals surface area contributed by atoms with E-state index in [1.165, 1.54) is 15.6 Å². The Bertz CT molecular complexity index is 640. The lowest BCUT2D eigenvalue weighted by molar-refractivity contribution is 0.0992. The molecule has 0 aliphatic heterocycles. The van der Waals surface area contributed by atoms with E-state index < -0.39 is 5.91 Å². The zero-order valence-electron chi connectivity index (χ0n) is 10.2. The third-order valence-corrected chi connectivity index (χ3v) is 3.32. The Balaban J connectivity index is 2.32. The fourth-order valence-corrected chi connectivity index (χ4v) is 2.39. The molecule has 0 fully saturated rings. The third kappa shape index (κ3) is 2.45. The van der Waals surface area contributed by atoms with Crippen LogP contribution in [0.1, 0.15) is 21.0 Å². The molecule has 2 rings (SSSR count). The molecule has 0 unspecified atom stereocenters. The van der Waals surface area contributed by atoms with Crippen LogP contribution in [0.5, 0.6) is 0 Å². The summed E-state index contributed by atoms with van der Waals surface area (Å²) in [6.45, 7) is 0. The van der Waals surface area contributed by atoms with E-state index in [9.17, 15) is 9.59 Å². The second-order valence-corrected chi connectivity index (χ2v) is 4.98. The maximum atomic E-state index is 12.1. The fourth-order valence-electron chi connectivity index (χ4n) is 1.67. The third-order valence-electron chi connectivity index (χ3n) is 2.53. The SMILES string of the molecule is Cn1ncc(I)c1C(=O)Nc1cnn(C)c1C(N)=O. The molecule has 0 aliphatic carbocycles. The van der Waals surface area contributed by atoms with E-state index in [0.29, 0.717) is 9.26 Å². The van der Waals surface area contributed by atoms with Crippen molar-refractivity contribution >= 4 is 40.1 Å². The van der Waals surface area contributed by atoms with Gasteiger partial charge in [-0.3, -0.25) is 19.0 Å². The molecule has 2 amide bonds. The van der Waals surface area contributed by atoms with Crippen LogP contribution >= 0.6 is 22.6 Å². The number of nitrogens with one attached hydrogen (secondary N) is 1. The molecule has 0 aliphatic rings. The van der Waals surface area contributed by atoms with Crippen LogP contribution in [0.15, 0.2) is 12.4 Å². The molecule has 3 N–H and O–H groups in total. The molecule has 0 atom stereocenters. The smallest absolute Gasteiger partial charge is 0.275 e. The fraction of sp³-hybridized carbons (Fsp3) is 0.200. The van der Waals surface area contributed by atoms with Gasteiger partial charge in [0.1, 0.15) is 11.4 Å². The molecule has 0 radical (unpaired) electrons. The maximum Gasteiger partial charge on any atom is 0.275 e.